The molecule has 758 valence electrons. The fourth-order valence-corrected chi connectivity index (χ4v) is 16.5. The zero-order valence-electron chi connectivity index (χ0n) is 80.5. The molecule has 0 saturated heterocycles. The molecule has 8 amide bonds. The number of aromatic nitrogens is 2. The highest BCUT2D eigenvalue weighted by Gasteiger charge is 2.40. The predicted molar refractivity (Wildman–Crippen MR) is 517 cm³/mol. The minimum atomic E-state index is -1.92. The molecule has 1 aromatic carbocycles. The molecule has 0 aliphatic rings. The number of phenolic OH excluding ortho intramolecular Hbond substituents is 1. The zero-order chi connectivity index (χ0) is 100. The number of amides is 8. The number of ketones is 6. The van der Waals surface area contributed by atoms with Gasteiger partial charge in [0.2, 0.25) is 47.3 Å². The van der Waals surface area contributed by atoms with E-state index in [0.717, 1.165) is 32.6 Å². The third-order valence-corrected chi connectivity index (χ3v) is 24.4. The monoisotopic (exact) mass is 1910 g/mol. The van der Waals surface area contributed by atoms with Crippen LogP contribution in [0.2, 0.25) is 0 Å². The minimum absolute atomic E-state index is 0.00355. The van der Waals surface area contributed by atoms with E-state index in [0.29, 0.717) is 62.9 Å². The molecule has 2 aromatic rings. The summed E-state index contributed by atoms with van der Waals surface area (Å²) in [6.45, 7) is 10.5. The van der Waals surface area contributed by atoms with Gasteiger partial charge in [-0.1, -0.05) is 130 Å². The number of aliphatic hydroxyl groups is 2. The molecule has 38 nitrogen and oxygen atoms in total. The first-order valence-electron chi connectivity index (χ1n) is 48.3. The molecule has 0 aliphatic heterocycles. The lowest BCUT2D eigenvalue weighted by Crippen LogP contribution is -2.52. The van der Waals surface area contributed by atoms with Crippen molar-refractivity contribution in [1.29, 1.82) is 0 Å². The first kappa shape index (κ1) is 120. The van der Waals surface area contributed by atoms with Crippen molar-refractivity contribution in [2.75, 3.05) is 51.3 Å². The second kappa shape index (κ2) is 69.9. The average Bonchev–Trinajstić information content (AvgIpc) is 0.943. The van der Waals surface area contributed by atoms with Crippen molar-refractivity contribution >= 4 is 112 Å². The highest BCUT2D eigenvalue weighted by molar-refractivity contribution is 7.98. The van der Waals surface area contributed by atoms with E-state index < -0.39 is 205 Å². The number of Topliss-reactive ketones (excluding diaryl/α,β-unsaturated/α-hetero) is 6. The molecule has 1 heterocycles. The van der Waals surface area contributed by atoms with Gasteiger partial charge in [-0.05, 0) is 177 Å². The lowest BCUT2D eigenvalue weighted by atomic mass is 9.87. The van der Waals surface area contributed by atoms with Gasteiger partial charge < -0.3 is 108 Å². The Morgan fingerprint density at radius 3 is 1.32 bits per heavy atom. The number of benzene rings is 1. The predicted octanol–water partition coefficient (Wildman–Crippen LogP) is 4.90. The lowest BCUT2D eigenvalue weighted by Gasteiger charge is -2.27. The summed E-state index contributed by atoms with van der Waals surface area (Å²) in [7, 11) is 0. The van der Waals surface area contributed by atoms with E-state index in [1.807, 2.05) is 27.7 Å². The molecule has 0 saturated carbocycles. The third-order valence-electron chi connectivity index (χ3n) is 23.8. The molecule has 0 bridgehead atoms. The third kappa shape index (κ3) is 52.3. The number of H-pyrrole nitrogens is 1. The molecule has 39 heteroatoms. The molecule has 0 aliphatic carbocycles. The highest BCUT2D eigenvalue weighted by atomic mass is 32.2. The molecular formula is C95H163N19O19S. The Balaban J connectivity index is 2.51. The van der Waals surface area contributed by atoms with Crippen LogP contribution in [-0.2, 0) is 84.8 Å². The van der Waals surface area contributed by atoms with E-state index in [9.17, 15) is 87.5 Å². The van der Waals surface area contributed by atoms with Crippen molar-refractivity contribution in [3.05, 3.63) is 48.0 Å². The standard InChI is InChI=1S/C95H163N19O19S/c1-8-9-10-11-12-13-14-15-16-17-18-19-20-34-85(124)108-75(32-23-26-42-98)93(133)111-72(31-22-25-41-97)79(118)53-67(46-60(2)3)90(130)109-73(33-28-44-106-95(102)103)80(119)54-68(58-115)91(131)110-74(39-45-134-7)84(123)55-71(62(6)116)92(132)114-78(56-86(125)126)82(121)50-64(29-21-24-40-96)88(128)113-77(48-63-35-37-70(117)38-36-63)81(120)51-65(30-27-43-105-94(100)101)89(129)112-76(47-61(4)5)83(122)52-66(87(99)127)49-69-57-104-59-107-69/h35-38,57,59-62,64-68,71-78,115-117H,8-34,39-56,58,96-98H2,1-7H3,(H2,99,127)(H,104,107)(H,108,124)(H,109,130)(H,110,131)(H,111,133)(H,112,129)(H,113,128)(H,114,132)(H,125,126)(H4,100,101,105)(H4,102,103,106)/t62-,64-,65-,66-,67-,68+,71+,72+,73+,74+,75-,76+,77+,78+/m1/s1. The summed E-state index contributed by atoms with van der Waals surface area (Å²) in [5.41, 5.74) is 46.9. The number of nitrogens with two attached hydrogens (primary N) is 8. The van der Waals surface area contributed by atoms with E-state index in [4.69, 9.17) is 45.9 Å². The van der Waals surface area contributed by atoms with Gasteiger partial charge in [-0.25, -0.2) is 4.98 Å². The molecule has 0 radical (unpaired) electrons. The number of carboxylic acids is 1. The highest BCUT2D eigenvalue weighted by Crippen LogP contribution is 2.27. The van der Waals surface area contributed by atoms with Gasteiger partial charge in [-0.2, -0.15) is 11.8 Å². The number of nitrogens with zero attached hydrogens (tertiary/aromatic N) is 3. The van der Waals surface area contributed by atoms with Gasteiger partial charge in [0.15, 0.2) is 46.6 Å². The number of hydrogen-bond acceptors (Lipinski definition) is 25. The number of aliphatic hydroxyl groups excluding tert-OH is 2. The second-order valence-electron chi connectivity index (χ2n) is 36.5. The van der Waals surface area contributed by atoms with Crippen LogP contribution >= 0.6 is 11.8 Å². The number of rotatable bonds is 81. The first-order valence-corrected chi connectivity index (χ1v) is 49.7. The summed E-state index contributed by atoms with van der Waals surface area (Å²) in [5.74, 6) is -20.7. The van der Waals surface area contributed by atoms with Gasteiger partial charge in [-0.15, -0.1) is 0 Å². The number of primary amides is 1. The van der Waals surface area contributed by atoms with Crippen LogP contribution in [0.1, 0.15) is 290 Å². The number of carboxylic acid groups (broad SMARTS) is 1. The van der Waals surface area contributed by atoms with E-state index in [1.165, 1.54) is 99.9 Å². The number of nitrogens with one attached hydrogen (secondary N) is 8. The largest absolute Gasteiger partial charge is 0.508 e. The van der Waals surface area contributed by atoms with E-state index in [2.05, 4.69) is 64.1 Å². The number of aliphatic carboxylic acids is 1. The number of guanidine groups is 2. The van der Waals surface area contributed by atoms with Crippen molar-refractivity contribution in [2.24, 2.45) is 103 Å². The number of carbonyl (C=O) groups excluding carboxylic acids is 14. The molecule has 1 aromatic heterocycles. The number of phenols is 1. The fraction of sp³-hybridized carbons (Fsp3) is 0.726. The summed E-state index contributed by atoms with van der Waals surface area (Å²) in [6, 6.07) is -3.77. The lowest BCUT2D eigenvalue weighted by molar-refractivity contribution is -0.142. The maximum atomic E-state index is 15.0. The summed E-state index contributed by atoms with van der Waals surface area (Å²) in [5, 5.41) is 61.8. The van der Waals surface area contributed by atoms with Crippen molar-refractivity contribution in [3.8, 4) is 5.75 Å². The maximum Gasteiger partial charge on any atom is 0.305 e. The van der Waals surface area contributed by atoms with Gasteiger partial charge >= 0.3 is 5.97 Å². The number of unbranched alkanes of at least 4 members (excludes halogenated alkanes) is 15. The first-order chi connectivity index (χ1) is 63.8. The van der Waals surface area contributed by atoms with Crippen LogP contribution in [0.15, 0.2) is 46.8 Å². The van der Waals surface area contributed by atoms with Crippen LogP contribution in [-0.4, -0.2) is 230 Å². The summed E-state index contributed by atoms with van der Waals surface area (Å²) in [6.07, 6.45) is 16.3. The Hall–Kier alpha value is -9.83. The zero-order valence-corrected chi connectivity index (χ0v) is 81.3. The van der Waals surface area contributed by atoms with Gasteiger partial charge in [0, 0.05) is 94.1 Å². The molecule has 134 heavy (non-hydrogen) atoms. The summed E-state index contributed by atoms with van der Waals surface area (Å²) >= 11 is 1.27. The quantitative estimate of drug-likeness (QED) is 0.0238. The van der Waals surface area contributed by atoms with E-state index in [1.54, 1.807) is 6.26 Å². The van der Waals surface area contributed by atoms with Crippen molar-refractivity contribution in [3.63, 3.8) is 0 Å². The normalized spacial score (nSPS) is 14.6. The SMILES string of the molecule is CCCCCCCCCCCCCCCC(=O)N[C@H](CCCCN)C(=O)N[C@@H](CCCCN)C(=O)C[C@@H](CC(C)C)C(=O)N[C@@H](CCCN=C(N)N)C(=O)C[C@@H](CO)C(=O)N[C@@H](CCSC)C(=O)C[C@H](C(=O)N[C@@H](CC(=O)O)C(=O)C[C@@H](CCCCN)C(=O)N[C@@H](Cc1ccc(O)cc1)C(=O)C[C@@H](CCCN=C(N)N)C(=O)N[C@@H](CC(C)C)C(=O)C[C@@H](Cc1cnc[nH]1)C(N)=O)[C@@H](C)O. The summed E-state index contributed by atoms with van der Waals surface area (Å²) in [4.78, 5) is 229. The molecule has 0 unspecified atom stereocenters. The van der Waals surface area contributed by atoms with E-state index >= 15 is 4.79 Å². The second-order valence-corrected chi connectivity index (χ2v) is 37.4. The van der Waals surface area contributed by atoms with Crippen LogP contribution < -0.4 is 83.1 Å². The smallest absolute Gasteiger partial charge is 0.305 e. The molecule has 2 rings (SSSR count). The Bertz CT molecular complexity index is 3920. The Morgan fingerprint density at radius 1 is 0.425 bits per heavy atom. The number of carbonyl (C=O) groups is 15. The Morgan fingerprint density at radius 2 is 0.836 bits per heavy atom. The number of aliphatic imine (C=N–C) groups is 2. The Labute approximate surface area is 795 Å². The van der Waals surface area contributed by atoms with Gasteiger partial charge in [0.05, 0.1) is 79.5 Å². The molecule has 0 fully saturated rings. The molecule has 0 spiro atoms. The average molecular weight is 1910 g/mol. The van der Waals surface area contributed by atoms with Crippen molar-refractivity contribution in [1.82, 2.24) is 47.2 Å². The molecule has 28 N–H and O–H groups in total. The van der Waals surface area contributed by atoms with Gasteiger partial charge in [-0.3, -0.25) is 81.9 Å². The molecular weight excluding hydrogens is 1740 g/mol. The summed E-state index contributed by atoms with van der Waals surface area (Å²) < 4.78 is 0. The maximum absolute atomic E-state index is 15.0. The Kier molecular flexibility index (Phi) is 62.7. The number of imidazole rings is 1. The number of aromatic hydroxyl groups is 1. The van der Waals surface area contributed by atoms with Crippen LogP contribution in [0.4, 0.5) is 0 Å². The minimum Gasteiger partial charge on any atom is -0.508 e. The van der Waals surface area contributed by atoms with Crippen LogP contribution in [0.5, 0.6) is 5.75 Å². The molecule has 14 atom stereocenters. The van der Waals surface area contributed by atoms with Crippen molar-refractivity contribution < 1.29 is 92.3 Å². The van der Waals surface area contributed by atoms with Crippen LogP contribution in [0.25, 0.3) is 0 Å². The topological polar surface area (TPSA) is 683 Å². The fourth-order valence-electron chi connectivity index (χ4n) is 16.0. The number of aromatic amines is 1. The van der Waals surface area contributed by atoms with Crippen LogP contribution in [0.3, 0.4) is 0 Å². The van der Waals surface area contributed by atoms with Crippen molar-refractivity contribution in [2.45, 2.75) is 340 Å². The van der Waals surface area contributed by atoms with Crippen LogP contribution in [0, 0.1) is 47.3 Å². The van der Waals surface area contributed by atoms with Gasteiger partial charge in [0.1, 0.15) is 11.8 Å². The number of thioether (sulfide) groups is 1. The van der Waals surface area contributed by atoms with E-state index in [-0.39, 0.29) is 164 Å². The van der Waals surface area contributed by atoms with Gasteiger partial charge in [0.25, 0.3) is 0 Å². The number of hydrogen-bond donors (Lipinski definition) is 20.